The Labute approximate surface area is 112 Å². The number of aromatic carboxylic acids is 1. The summed E-state index contributed by atoms with van der Waals surface area (Å²) in [5, 5.41) is 21.1. The molecule has 1 atom stereocenters. The van der Waals surface area contributed by atoms with E-state index in [1.807, 2.05) is 6.07 Å². The Morgan fingerprint density at radius 3 is 2.95 bits per heavy atom. The molecule has 0 saturated heterocycles. The summed E-state index contributed by atoms with van der Waals surface area (Å²) in [6.07, 6.45) is 4.79. The van der Waals surface area contributed by atoms with Crippen molar-refractivity contribution in [1.82, 2.24) is 10.3 Å². The Kier molecular flexibility index (Phi) is 4.87. The van der Waals surface area contributed by atoms with Gasteiger partial charge in [-0.1, -0.05) is 18.9 Å². The maximum Gasteiger partial charge on any atom is 0.354 e. The van der Waals surface area contributed by atoms with Crippen LogP contribution in [-0.2, 0) is 13.0 Å². The van der Waals surface area contributed by atoms with Crippen LogP contribution in [0.15, 0.2) is 12.1 Å². The molecule has 2 heterocycles. The first kappa shape index (κ1) is 14.0. The molecule has 0 aliphatic carbocycles. The van der Waals surface area contributed by atoms with Gasteiger partial charge in [0.25, 0.3) is 0 Å². The number of aliphatic hydroxyl groups is 1. The number of hydrogen-bond donors (Lipinski definition) is 3. The molecule has 1 unspecified atom stereocenters. The molecule has 0 spiro atoms. The summed E-state index contributed by atoms with van der Waals surface area (Å²) in [7, 11) is 0. The molecular formula is C14H20N2O3. The standard InChI is InChI=1S/C14H20N2O3/c17-7-3-1-2-4-11-8-13-10(9-15-11)5-6-12(16-13)14(18)19/h5-6,11,15,17H,1-4,7-9H2,(H,18,19). The Bertz CT molecular complexity index is 448. The van der Waals surface area contributed by atoms with Crippen molar-refractivity contribution < 1.29 is 15.0 Å². The molecule has 1 aliphatic heterocycles. The predicted molar refractivity (Wildman–Crippen MR) is 71.1 cm³/mol. The third-order valence-electron chi connectivity index (χ3n) is 3.52. The van der Waals surface area contributed by atoms with E-state index in [1.54, 1.807) is 6.07 Å². The van der Waals surface area contributed by atoms with E-state index in [1.165, 1.54) is 0 Å². The summed E-state index contributed by atoms with van der Waals surface area (Å²) >= 11 is 0. The van der Waals surface area contributed by atoms with Gasteiger partial charge in [0.15, 0.2) is 0 Å². The van der Waals surface area contributed by atoms with Crippen LogP contribution in [0.4, 0.5) is 0 Å². The van der Waals surface area contributed by atoms with Crippen molar-refractivity contribution in [2.45, 2.75) is 44.7 Å². The Balaban J connectivity index is 1.94. The van der Waals surface area contributed by atoms with Crippen LogP contribution in [0.5, 0.6) is 0 Å². The molecule has 104 valence electrons. The quantitative estimate of drug-likeness (QED) is 0.676. The van der Waals surface area contributed by atoms with Crippen LogP contribution < -0.4 is 5.32 Å². The van der Waals surface area contributed by atoms with Gasteiger partial charge in [-0.15, -0.1) is 0 Å². The second kappa shape index (κ2) is 6.63. The number of pyridine rings is 1. The van der Waals surface area contributed by atoms with E-state index in [9.17, 15) is 4.79 Å². The van der Waals surface area contributed by atoms with E-state index in [0.717, 1.165) is 49.9 Å². The zero-order valence-corrected chi connectivity index (χ0v) is 10.9. The third kappa shape index (κ3) is 3.75. The van der Waals surface area contributed by atoms with Crippen LogP contribution >= 0.6 is 0 Å². The predicted octanol–water partition coefficient (Wildman–Crippen LogP) is 1.35. The van der Waals surface area contributed by atoms with Crippen LogP contribution in [-0.4, -0.2) is 33.8 Å². The van der Waals surface area contributed by atoms with Crippen molar-refractivity contribution in [3.05, 3.63) is 29.1 Å². The minimum atomic E-state index is -0.971. The van der Waals surface area contributed by atoms with Crippen LogP contribution in [0, 0.1) is 0 Å². The number of aromatic nitrogens is 1. The highest BCUT2D eigenvalue weighted by Gasteiger charge is 2.20. The molecule has 19 heavy (non-hydrogen) atoms. The fraction of sp³-hybridized carbons (Fsp3) is 0.571. The van der Waals surface area contributed by atoms with Crippen LogP contribution in [0.1, 0.15) is 47.4 Å². The molecule has 3 N–H and O–H groups in total. The Morgan fingerprint density at radius 2 is 2.21 bits per heavy atom. The summed E-state index contributed by atoms with van der Waals surface area (Å²) in [6.45, 7) is 1.01. The van der Waals surface area contributed by atoms with Gasteiger partial charge in [0.05, 0.1) is 0 Å². The first-order valence-electron chi connectivity index (χ1n) is 6.77. The minimum Gasteiger partial charge on any atom is -0.477 e. The van der Waals surface area contributed by atoms with E-state index in [0.29, 0.717) is 6.04 Å². The molecule has 0 radical (unpaired) electrons. The highest BCUT2D eigenvalue weighted by molar-refractivity contribution is 5.85. The lowest BCUT2D eigenvalue weighted by Crippen LogP contribution is -2.36. The molecular weight excluding hydrogens is 244 g/mol. The number of nitrogens with one attached hydrogen (secondary N) is 1. The van der Waals surface area contributed by atoms with Gasteiger partial charge in [-0.3, -0.25) is 0 Å². The molecule has 2 rings (SSSR count). The van der Waals surface area contributed by atoms with Crippen molar-refractivity contribution in [1.29, 1.82) is 0 Å². The molecule has 0 aromatic carbocycles. The van der Waals surface area contributed by atoms with E-state index in [4.69, 9.17) is 10.2 Å². The maximum absolute atomic E-state index is 10.9. The number of nitrogens with zero attached hydrogens (tertiary/aromatic N) is 1. The number of fused-ring (bicyclic) bond motifs is 1. The second-order valence-electron chi connectivity index (χ2n) is 4.96. The van der Waals surface area contributed by atoms with Gasteiger partial charge in [0.2, 0.25) is 0 Å². The smallest absolute Gasteiger partial charge is 0.354 e. The molecule has 5 nitrogen and oxygen atoms in total. The van der Waals surface area contributed by atoms with Crippen molar-refractivity contribution in [2.24, 2.45) is 0 Å². The van der Waals surface area contributed by atoms with Gasteiger partial charge in [0.1, 0.15) is 5.69 Å². The fourth-order valence-electron chi connectivity index (χ4n) is 2.43. The monoisotopic (exact) mass is 264 g/mol. The first-order valence-corrected chi connectivity index (χ1v) is 6.77. The number of unbranched alkanes of at least 4 members (excludes halogenated alkanes) is 2. The minimum absolute atomic E-state index is 0.125. The zero-order valence-electron chi connectivity index (χ0n) is 10.9. The number of carboxylic acids is 1. The van der Waals surface area contributed by atoms with Crippen LogP contribution in [0.3, 0.4) is 0 Å². The molecule has 1 aliphatic rings. The summed E-state index contributed by atoms with van der Waals surface area (Å²) in [5.41, 5.74) is 2.13. The highest BCUT2D eigenvalue weighted by Crippen LogP contribution is 2.18. The Morgan fingerprint density at radius 1 is 1.37 bits per heavy atom. The van der Waals surface area contributed by atoms with Gasteiger partial charge in [-0.25, -0.2) is 9.78 Å². The normalized spacial score (nSPS) is 18.1. The van der Waals surface area contributed by atoms with E-state index >= 15 is 0 Å². The summed E-state index contributed by atoms with van der Waals surface area (Å²) in [6, 6.07) is 3.77. The topological polar surface area (TPSA) is 82.5 Å². The van der Waals surface area contributed by atoms with E-state index in [-0.39, 0.29) is 12.3 Å². The summed E-state index contributed by atoms with van der Waals surface area (Å²) in [5.74, 6) is -0.971. The highest BCUT2D eigenvalue weighted by atomic mass is 16.4. The lowest BCUT2D eigenvalue weighted by molar-refractivity contribution is 0.0690. The molecule has 0 amide bonds. The fourth-order valence-corrected chi connectivity index (χ4v) is 2.43. The summed E-state index contributed by atoms with van der Waals surface area (Å²) < 4.78 is 0. The number of hydrogen-bond acceptors (Lipinski definition) is 4. The average Bonchev–Trinajstić information content (AvgIpc) is 2.42. The first-order chi connectivity index (χ1) is 9.20. The number of carboxylic acid groups (broad SMARTS) is 1. The molecule has 5 heteroatoms. The lowest BCUT2D eigenvalue weighted by Gasteiger charge is -2.25. The number of rotatable bonds is 6. The van der Waals surface area contributed by atoms with Crippen molar-refractivity contribution in [2.75, 3.05) is 6.61 Å². The Hall–Kier alpha value is -1.46. The van der Waals surface area contributed by atoms with Crippen molar-refractivity contribution in [3.63, 3.8) is 0 Å². The molecule has 0 saturated carbocycles. The lowest BCUT2D eigenvalue weighted by atomic mass is 9.96. The van der Waals surface area contributed by atoms with Gasteiger partial charge in [-0.2, -0.15) is 0 Å². The largest absolute Gasteiger partial charge is 0.477 e. The molecule has 0 fully saturated rings. The van der Waals surface area contributed by atoms with E-state index < -0.39 is 5.97 Å². The van der Waals surface area contributed by atoms with Crippen LogP contribution in [0.25, 0.3) is 0 Å². The van der Waals surface area contributed by atoms with Crippen molar-refractivity contribution >= 4 is 5.97 Å². The average molecular weight is 264 g/mol. The molecule has 1 aromatic rings. The zero-order chi connectivity index (χ0) is 13.7. The van der Waals surface area contributed by atoms with Gasteiger partial charge >= 0.3 is 5.97 Å². The second-order valence-corrected chi connectivity index (χ2v) is 4.96. The third-order valence-corrected chi connectivity index (χ3v) is 3.52. The maximum atomic E-state index is 10.9. The molecule has 0 bridgehead atoms. The number of carbonyl (C=O) groups is 1. The van der Waals surface area contributed by atoms with Gasteiger partial charge < -0.3 is 15.5 Å². The SMILES string of the molecule is O=C(O)c1ccc2c(n1)CC(CCCCCO)NC2. The van der Waals surface area contributed by atoms with Crippen LogP contribution in [0.2, 0.25) is 0 Å². The van der Waals surface area contributed by atoms with Gasteiger partial charge in [0, 0.05) is 31.3 Å². The molecule has 1 aromatic heterocycles. The summed E-state index contributed by atoms with van der Waals surface area (Å²) in [4.78, 5) is 15.1. The van der Waals surface area contributed by atoms with Crippen molar-refractivity contribution in [3.8, 4) is 0 Å². The number of aliphatic hydroxyl groups excluding tert-OH is 1. The van der Waals surface area contributed by atoms with Gasteiger partial charge in [-0.05, 0) is 24.5 Å². The van der Waals surface area contributed by atoms with E-state index in [2.05, 4.69) is 10.3 Å².